The molecule has 4 heteroatoms. The zero-order valence-corrected chi connectivity index (χ0v) is 25.8. The average molecular weight is 611 g/mol. The van der Waals surface area contributed by atoms with Gasteiger partial charge in [-0.05, 0) is 70.6 Å². The van der Waals surface area contributed by atoms with E-state index in [0.717, 1.165) is 66.5 Å². The van der Waals surface area contributed by atoms with Crippen molar-refractivity contribution < 1.29 is 0 Å². The summed E-state index contributed by atoms with van der Waals surface area (Å²) in [5.74, 6) is 0. The van der Waals surface area contributed by atoms with Crippen LogP contribution in [0.25, 0.3) is 82.1 Å². The van der Waals surface area contributed by atoms with Gasteiger partial charge in [0.25, 0.3) is 0 Å². The molecular formula is C44H26N4. The van der Waals surface area contributed by atoms with Crippen LogP contribution in [-0.2, 0) is 0 Å². The van der Waals surface area contributed by atoms with Gasteiger partial charge in [-0.25, -0.2) is 4.85 Å². The van der Waals surface area contributed by atoms with E-state index in [1.807, 2.05) is 36.4 Å². The van der Waals surface area contributed by atoms with Crippen molar-refractivity contribution in [3.63, 3.8) is 0 Å². The third-order valence-corrected chi connectivity index (χ3v) is 9.40. The van der Waals surface area contributed by atoms with Gasteiger partial charge in [-0.15, -0.1) is 0 Å². The van der Waals surface area contributed by atoms with Crippen molar-refractivity contribution in [3.05, 3.63) is 175 Å². The normalized spacial score (nSPS) is 11.3. The quantitative estimate of drug-likeness (QED) is 0.183. The topological polar surface area (TPSA) is 38.0 Å². The number of hydrogen-bond acceptors (Lipinski definition) is 1. The Morgan fingerprint density at radius 3 is 1.62 bits per heavy atom. The second kappa shape index (κ2) is 10.9. The highest BCUT2D eigenvalue weighted by atomic mass is 15.0. The van der Waals surface area contributed by atoms with E-state index in [1.54, 1.807) is 0 Å². The van der Waals surface area contributed by atoms with Crippen molar-refractivity contribution in [2.75, 3.05) is 0 Å². The maximum Gasteiger partial charge on any atom is 0.188 e. The zero-order chi connectivity index (χ0) is 32.2. The van der Waals surface area contributed by atoms with Gasteiger partial charge in [-0.1, -0.05) is 109 Å². The number of hydrogen-bond donors (Lipinski definition) is 0. The van der Waals surface area contributed by atoms with Gasteiger partial charge in [0, 0.05) is 21.7 Å². The van der Waals surface area contributed by atoms with E-state index in [0.29, 0.717) is 11.3 Å². The van der Waals surface area contributed by atoms with E-state index in [4.69, 9.17) is 6.57 Å². The number of nitrogens with zero attached hydrogens (tertiary/aromatic N) is 4. The minimum Gasteiger partial charge on any atom is -0.309 e. The molecule has 222 valence electrons. The summed E-state index contributed by atoms with van der Waals surface area (Å²) in [6.45, 7) is 7.60. The molecule has 0 saturated heterocycles. The summed E-state index contributed by atoms with van der Waals surface area (Å²) in [4.78, 5) is 3.70. The van der Waals surface area contributed by atoms with Crippen LogP contribution in [0.4, 0.5) is 5.69 Å². The van der Waals surface area contributed by atoms with Gasteiger partial charge in [0.05, 0.1) is 45.6 Å². The predicted molar refractivity (Wildman–Crippen MR) is 197 cm³/mol. The third kappa shape index (κ3) is 4.07. The monoisotopic (exact) mass is 610 g/mol. The number of aromatic nitrogens is 2. The summed E-state index contributed by atoms with van der Waals surface area (Å²) in [7, 11) is 0. The summed E-state index contributed by atoms with van der Waals surface area (Å²) in [5.41, 5.74) is 11.6. The molecule has 0 bridgehead atoms. The van der Waals surface area contributed by atoms with Crippen LogP contribution in [0.15, 0.2) is 158 Å². The lowest BCUT2D eigenvalue weighted by Crippen LogP contribution is -1.99. The molecule has 0 aliphatic carbocycles. The number of fused-ring (bicyclic) bond motifs is 6. The van der Waals surface area contributed by atoms with E-state index in [9.17, 15) is 5.26 Å². The van der Waals surface area contributed by atoms with Gasteiger partial charge in [0.2, 0.25) is 0 Å². The molecule has 48 heavy (non-hydrogen) atoms. The molecule has 7 aromatic carbocycles. The highest BCUT2D eigenvalue weighted by molar-refractivity contribution is 6.11. The van der Waals surface area contributed by atoms with Crippen molar-refractivity contribution >= 4 is 49.3 Å². The lowest BCUT2D eigenvalue weighted by molar-refractivity contribution is 1.17. The molecule has 0 aliphatic rings. The Labute approximate surface area is 277 Å². The van der Waals surface area contributed by atoms with Crippen LogP contribution in [0.3, 0.4) is 0 Å². The number of para-hydroxylation sites is 4. The molecule has 2 aromatic heterocycles. The first-order valence-corrected chi connectivity index (χ1v) is 15.9. The Kier molecular flexibility index (Phi) is 6.22. The molecule has 9 rings (SSSR count). The molecule has 9 aromatic rings. The molecule has 0 N–H and O–H groups in total. The highest BCUT2D eigenvalue weighted by Gasteiger charge is 2.19. The van der Waals surface area contributed by atoms with Gasteiger partial charge in [-0.3, -0.25) is 0 Å². The maximum absolute atomic E-state index is 10.5. The van der Waals surface area contributed by atoms with Crippen molar-refractivity contribution in [2.24, 2.45) is 0 Å². The predicted octanol–water partition coefficient (Wildman–Crippen LogP) is 11.6. The lowest BCUT2D eigenvalue weighted by atomic mass is 9.92. The van der Waals surface area contributed by atoms with Gasteiger partial charge in [0.1, 0.15) is 6.07 Å². The van der Waals surface area contributed by atoms with Gasteiger partial charge in [0.15, 0.2) is 5.69 Å². The second-order valence-corrected chi connectivity index (χ2v) is 11.9. The van der Waals surface area contributed by atoms with Crippen molar-refractivity contribution in [3.8, 4) is 39.7 Å². The van der Waals surface area contributed by atoms with E-state index in [-0.39, 0.29) is 0 Å². The summed E-state index contributed by atoms with van der Waals surface area (Å²) < 4.78 is 4.51. The van der Waals surface area contributed by atoms with Crippen LogP contribution < -0.4 is 0 Å². The largest absolute Gasteiger partial charge is 0.309 e. The van der Waals surface area contributed by atoms with Crippen molar-refractivity contribution in [1.82, 2.24) is 9.13 Å². The van der Waals surface area contributed by atoms with Crippen LogP contribution in [0.5, 0.6) is 0 Å². The fourth-order valence-corrected chi connectivity index (χ4v) is 7.33. The van der Waals surface area contributed by atoms with E-state index < -0.39 is 0 Å². The van der Waals surface area contributed by atoms with Crippen molar-refractivity contribution in [1.29, 1.82) is 5.26 Å². The maximum atomic E-state index is 10.5. The van der Waals surface area contributed by atoms with Gasteiger partial charge >= 0.3 is 0 Å². The first kappa shape index (κ1) is 27.4. The summed E-state index contributed by atoms with van der Waals surface area (Å²) in [5, 5.41) is 15.0. The summed E-state index contributed by atoms with van der Waals surface area (Å²) >= 11 is 0. The number of nitriles is 1. The first-order valence-electron chi connectivity index (χ1n) is 15.9. The smallest absolute Gasteiger partial charge is 0.188 e. The van der Waals surface area contributed by atoms with Crippen LogP contribution in [0, 0.1) is 17.9 Å². The first-order chi connectivity index (χ1) is 23.7. The Morgan fingerprint density at radius 2 is 0.979 bits per heavy atom. The van der Waals surface area contributed by atoms with E-state index in [1.165, 1.54) is 10.8 Å². The minimum absolute atomic E-state index is 0.611. The number of rotatable bonds is 4. The van der Waals surface area contributed by atoms with Crippen LogP contribution in [0.1, 0.15) is 5.56 Å². The molecule has 0 aliphatic heterocycles. The van der Waals surface area contributed by atoms with Crippen LogP contribution >= 0.6 is 0 Å². The Hall–Kier alpha value is -6.88. The van der Waals surface area contributed by atoms with Gasteiger partial charge < -0.3 is 9.13 Å². The Balaban J connectivity index is 1.24. The Bertz CT molecular complexity index is 2760. The molecule has 0 fully saturated rings. The SMILES string of the molecule is [C-]#[N+]c1ccc2c(c1)c1ccccc1n2-c1ccccc1-c1ccccc1-c1ccc(-n2c3ccccc3c3ccccc32)c(C#N)c1. The van der Waals surface area contributed by atoms with Crippen LogP contribution in [-0.4, -0.2) is 9.13 Å². The van der Waals surface area contributed by atoms with Crippen molar-refractivity contribution in [2.45, 2.75) is 0 Å². The summed E-state index contributed by atoms with van der Waals surface area (Å²) in [6.07, 6.45) is 0. The standard InChI is InChI=1S/C44H26N4/c1-46-31-23-25-44-38(27-31)37-17-7-11-21-43(37)48(44)40-18-8-4-14-34(40)33-13-3-2-12-32(33)29-22-24-39(30(26-29)28-45)47-41-19-9-5-15-35(41)36-16-6-10-20-42(36)47/h2-27H. The molecular weight excluding hydrogens is 585 g/mol. The molecule has 0 atom stereocenters. The third-order valence-electron chi connectivity index (χ3n) is 9.40. The molecule has 0 unspecified atom stereocenters. The zero-order valence-electron chi connectivity index (χ0n) is 25.8. The fourth-order valence-electron chi connectivity index (χ4n) is 7.33. The second-order valence-electron chi connectivity index (χ2n) is 11.9. The van der Waals surface area contributed by atoms with E-state index >= 15 is 0 Å². The van der Waals surface area contributed by atoms with E-state index in [2.05, 4.69) is 141 Å². The minimum atomic E-state index is 0.611. The fraction of sp³-hybridized carbons (Fsp3) is 0. The average Bonchev–Trinajstić information content (AvgIpc) is 3.67. The summed E-state index contributed by atoms with van der Waals surface area (Å²) in [6, 6.07) is 56.7. The molecule has 2 heterocycles. The Morgan fingerprint density at radius 1 is 0.458 bits per heavy atom. The molecule has 0 amide bonds. The highest BCUT2D eigenvalue weighted by Crippen LogP contribution is 2.41. The molecule has 0 saturated carbocycles. The molecule has 0 radical (unpaired) electrons. The lowest BCUT2D eigenvalue weighted by Gasteiger charge is -2.18. The van der Waals surface area contributed by atoms with Gasteiger partial charge in [-0.2, -0.15) is 5.26 Å². The molecule has 0 spiro atoms. The molecule has 4 nitrogen and oxygen atoms in total. The van der Waals surface area contributed by atoms with Crippen LogP contribution in [0.2, 0.25) is 0 Å². The number of benzene rings is 7.